The molecule has 1 amide bonds. The maximum atomic E-state index is 12.7. The minimum Gasteiger partial charge on any atom is -0.452 e. The first-order valence-electron chi connectivity index (χ1n) is 8.71. The van der Waals surface area contributed by atoms with Gasteiger partial charge in [-0.15, -0.1) is 0 Å². The highest BCUT2D eigenvalue weighted by Crippen LogP contribution is 2.26. The fourth-order valence-electron chi connectivity index (χ4n) is 2.94. The zero-order valence-electron chi connectivity index (χ0n) is 15.4. The summed E-state index contributed by atoms with van der Waals surface area (Å²) in [6.45, 7) is 3.39. The van der Waals surface area contributed by atoms with Crippen molar-refractivity contribution in [2.24, 2.45) is 0 Å². The number of benzene rings is 2. The average molecular weight is 417 g/mol. The molecular weight excluding hydrogens is 399 g/mol. The standard InChI is InChI=1S/C21H18Cl2N2O3/c1-3-17-12(2)20(14-6-4-5-7-18(14)25-17)21(27)28-11-19(26)24-13-8-9-15(22)16(23)10-13/h4-10H,3,11H2,1-2H3,(H,24,26). The summed E-state index contributed by atoms with van der Waals surface area (Å²) in [5.41, 5.74) is 3.21. The van der Waals surface area contributed by atoms with Crippen molar-refractivity contribution >= 4 is 51.7 Å². The Labute approximate surface area is 172 Å². The molecule has 3 aromatic rings. The molecule has 0 bridgehead atoms. The molecule has 3 rings (SSSR count). The highest BCUT2D eigenvalue weighted by molar-refractivity contribution is 6.42. The number of hydrogen-bond donors (Lipinski definition) is 1. The van der Waals surface area contributed by atoms with Gasteiger partial charge < -0.3 is 10.1 Å². The number of nitrogens with one attached hydrogen (secondary N) is 1. The van der Waals surface area contributed by atoms with E-state index in [9.17, 15) is 9.59 Å². The Balaban J connectivity index is 1.77. The normalized spacial score (nSPS) is 10.7. The summed E-state index contributed by atoms with van der Waals surface area (Å²) in [6.07, 6.45) is 0.689. The Hall–Kier alpha value is -2.63. The number of carbonyl (C=O) groups excluding carboxylic acids is 2. The Bertz CT molecular complexity index is 1070. The number of pyridine rings is 1. The summed E-state index contributed by atoms with van der Waals surface area (Å²) >= 11 is 11.8. The number of hydrogen-bond acceptors (Lipinski definition) is 4. The van der Waals surface area contributed by atoms with E-state index < -0.39 is 18.5 Å². The summed E-state index contributed by atoms with van der Waals surface area (Å²) in [4.78, 5) is 29.5. The number of fused-ring (bicyclic) bond motifs is 1. The molecule has 144 valence electrons. The Kier molecular flexibility index (Phi) is 6.17. The first-order valence-corrected chi connectivity index (χ1v) is 9.46. The minimum atomic E-state index is -0.560. The minimum absolute atomic E-state index is 0.322. The van der Waals surface area contributed by atoms with Gasteiger partial charge in [0.1, 0.15) is 0 Å². The van der Waals surface area contributed by atoms with Crippen LogP contribution in [0.25, 0.3) is 10.9 Å². The molecule has 0 saturated carbocycles. The maximum absolute atomic E-state index is 12.7. The Morgan fingerprint density at radius 2 is 1.86 bits per heavy atom. The van der Waals surface area contributed by atoms with Crippen LogP contribution in [-0.4, -0.2) is 23.5 Å². The fraction of sp³-hybridized carbons (Fsp3) is 0.190. The molecule has 0 saturated heterocycles. The van der Waals surface area contributed by atoms with E-state index in [1.807, 2.05) is 38.1 Å². The van der Waals surface area contributed by atoms with Gasteiger partial charge in [-0.3, -0.25) is 9.78 Å². The van der Waals surface area contributed by atoms with Crippen LogP contribution >= 0.6 is 23.2 Å². The zero-order valence-corrected chi connectivity index (χ0v) is 16.9. The number of halogens is 2. The van der Waals surface area contributed by atoms with Crippen molar-refractivity contribution in [3.8, 4) is 0 Å². The van der Waals surface area contributed by atoms with Gasteiger partial charge in [0.25, 0.3) is 5.91 Å². The zero-order chi connectivity index (χ0) is 20.3. The Morgan fingerprint density at radius 1 is 1.11 bits per heavy atom. The van der Waals surface area contributed by atoms with Gasteiger partial charge in [0.05, 0.1) is 21.1 Å². The molecule has 0 aliphatic rings. The summed E-state index contributed by atoms with van der Waals surface area (Å²) in [6, 6.07) is 12.1. The highest BCUT2D eigenvalue weighted by atomic mass is 35.5. The fourth-order valence-corrected chi connectivity index (χ4v) is 3.24. The van der Waals surface area contributed by atoms with Gasteiger partial charge in [0.2, 0.25) is 0 Å². The number of para-hydroxylation sites is 1. The third kappa shape index (κ3) is 4.26. The number of rotatable bonds is 5. The lowest BCUT2D eigenvalue weighted by molar-refractivity contribution is -0.119. The largest absolute Gasteiger partial charge is 0.452 e. The van der Waals surface area contributed by atoms with Crippen LogP contribution in [0.1, 0.15) is 28.5 Å². The van der Waals surface area contributed by atoms with Crippen LogP contribution in [-0.2, 0) is 16.0 Å². The molecular formula is C21H18Cl2N2O3. The third-order valence-corrected chi connectivity index (χ3v) is 5.05. The van der Waals surface area contributed by atoms with Crippen LogP contribution in [0, 0.1) is 6.92 Å². The predicted molar refractivity (Wildman–Crippen MR) is 111 cm³/mol. The van der Waals surface area contributed by atoms with Gasteiger partial charge >= 0.3 is 5.97 Å². The molecule has 1 N–H and O–H groups in total. The van der Waals surface area contributed by atoms with E-state index in [2.05, 4.69) is 10.3 Å². The Morgan fingerprint density at radius 3 is 2.57 bits per heavy atom. The number of anilines is 1. The van der Waals surface area contributed by atoms with Gasteiger partial charge in [-0.25, -0.2) is 4.79 Å². The first-order chi connectivity index (χ1) is 13.4. The van der Waals surface area contributed by atoms with Crippen LogP contribution < -0.4 is 5.32 Å². The van der Waals surface area contributed by atoms with E-state index in [-0.39, 0.29) is 0 Å². The quantitative estimate of drug-likeness (QED) is 0.579. The van der Waals surface area contributed by atoms with Crippen molar-refractivity contribution in [3.05, 3.63) is 69.3 Å². The highest BCUT2D eigenvalue weighted by Gasteiger charge is 2.19. The summed E-state index contributed by atoms with van der Waals surface area (Å²) in [5.74, 6) is -1.03. The number of aromatic nitrogens is 1. The van der Waals surface area contributed by atoms with Gasteiger partial charge in [-0.05, 0) is 43.2 Å². The molecule has 28 heavy (non-hydrogen) atoms. The molecule has 1 heterocycles. The smallest absolute Gasteiger partial charge is 0.339 e. The van der Waals surface area contributed by atoms with Crippen LogP contribution in [0.3, 0.4) is 0 Å². The lowest BCUT2D eigenvalue weighted by atomic mass is 10.0. The molecule has 0 aliphatic carbocycles. The van der Waals surface area contributed by atoms with Crippen molar-refractivity contribution in [1.82, 2.24) is 4.98 Å². The monoisotopic (exact) mass is 416 g/mol. The molecule has 0 fully saturated rings. The van der Waals surface area contributed by atoms with Crippen LogP contribution in [0.4, 0.5) is 5.69 Å². The van der Waals surface area contributed by atoms with Crippen molar-refractivity contribution in [3.63, 3.8) is 0 Å². The number of esters is 1. The molecule has 0 aliphatic heterocycles. The SMILES string of the molecule is CCc1nc2ccccc2c(C(=O)OCC(=O)Nc2ccc(Cl)c(Cl)c2)c1C. The van der Waals surface area contributed by atoms with E-state index in [1.54, 1.807) is 12.1 Å². The lowest BCUT2D eigenvalue weighted by Gasteiger charge is -2.13. The van der Waals surface area contributed by atoms with E-state index in [1.165, 1.54) is 6.07 Å². The molecule has 0 spiro atoms. The molecule has 2 aromatic carbocycles. The van der Waals surface area contributed by atoms with Gasteiger partial charge in [-0.2, -0.15) is 0 Å². The van der Waals surface area contributed by atoms with Crippen LogP contribution in [0.5, 0.6) is 0 Å². The second-order valence-electron chi connectivity index (χ2n) is 6.18. The van der Waals surface area contributed by atoms with Gasteiger partial charge in [-0.1, -0.05) is 48.3 Å². The van der Waals surface area contributed by atoms with Gasteiger partial charge in [0, 0.05) is 16.8 Å². The number of nitrogens with zero attached hydrogens (tertiary/aromatic N) is 1. The molecule has 0 radical (unpaired) electrons. The average Bonchev–Trinajstić information content (AvgIpc) is 2.68. The third-order valence-electron chi connectivity index (χ3n) is 4.31. The summed E-state index contributed by atoms with van der Waals surface area (Å²) in [7, 11) is 0. The summed E-state index contributed by atoms with van der Waals surface area (Å²) < 4.78 is 5.27. The van der Waals surface area contributed by atoms with Crippen molar-refractivity contribution in [2.75, 3.05) is 11.9 Å². The summed E-state index contributed by atoms with van der Waals surface area (Å²) in [5, 5.41) is 4.03. The van der Waals surface area contributed by atoms with E-state index >= 15 is 0 Å². The number of amides is 1. The number of aryl methyl sites for hydroxylation is 1. The molecule has 1 aromatic heterocycles. The number of ether oxygens (including phenoxy) is 1. The topological polar surface area (TPSA) is 68.3 Å². The molecule has 5 nitrogen and oxygen atoms in total. The van der Waals surface area contributed by atoms with E-state index in [0.29, 0.717) is 33.1 Å². The molecule has 0 atom stereocenters. The van der Waals surface area contributed by atoms with Crippen molar-refractivity contribution in [2.45, 2.75) is 20.3 Å². The molecule has 0 unspecified atom stereocenters. The van der Waals surface area contributed by atoms with Crippen molar-refractivity contribution in [1.29, 1.82) is 0 Å². The molecule has 7 heteroatoms. The van der Waals surface area contributed by atoms with Crippen LogP contribution in [0.2, 0.25) is 10.0 Å². The van der Waals surface area contributed by atoms with E-state index in [0.717, 1.165) is 16.8 Å². The van der Waals surface area contributed by atoms with Crippen LogP contribution in [0.15, 0.2) is 42.5 Å². The second kappa shape index (κ2) is 8.59. The van der Waals surface area contributed by atoms with E-state index in [4.69, 9.17) is 27.9 Å². The van der Waals surface area contributed by atoms with Crippen molar-refractivity contribution < 1.29 is 14.3 Å². The maximum Gasteiger partial charge on any atom is 0.339 e. The van der Waals surface area contributed by atoms with Gasteiger partial charge in [0.15, 0.2) is 6.61 Å². The number of carbonyl (C=O) groups is 2. The predicted octanol–water partition coefficient (Wildman–Crippen LogP) is 5.21. The first kappa shape index (κ1) is 20.1. The second-order valence-corrected chi connectivity index (χ2v) is 7.00. The lowest BCUT2D eigenvalue weighted by Crippen LogP contribution is -2.21.